The van der Waals surface area contributed by atoms with E-state index in [0.29, 0.717) is 39.1 Å². The first-order chi connectivity index (χ1) is 9.15. The number of aliphatic carboxylic acids is 1. The second kappa shape index (κ2) is 8.87. The highest BCUT2D eigenvalue weighted by molar-refractivity contribution is 5.78. The lowest BCUT2D eigenvalue weighted by Gasteiger charge is -2.17. The van der Waals surface area contributed by atoms with Gasteiger partial charge in [0.25, 0.3) is 0 Å². The summed E-state index contributed by atoms with van der Waals surface area (Å²) in [5, 5.41) is 11.8. The number of hydrogen-bond donors (Lipinski definition) is 2. The van der Waals surface area contributed by atoms with Crippen LogP contribution in [0.1, 0.15) is 32.1 Å². The Labute approximate surface area is 113 Å². The van der Waals surface area contributed by atoms with E-state index in [1.54, 1.807) is 7.11 Å². The highest BCUT2D eigenvalue weighted by Crippen LogP contribution is 2.25. The Morgan fingerprint density at radius 1 is 1.26 bits per heavy atom. The Bertz CT molecular complexity index is 295. The molecule has 1 fully saturated rings. The fraction of sp³-hybridized carbons (Fsp3) is 0.846. The van der Waals surface area contributed by atoms with Crippen molar-refractivity contribution in [2.24, 2.45) is 5.92 Å². The number of ether oxygens (including phenoxy) is 2. The molecule has 1 aliphatic rings. The largest absolute Gasteiger partial charge is 0.481 e. The van der Waals surface area contributed by atoms with Crippen molar-refractivity contribution in [1.82, 2.24) is 5.32 Å². The van der Waals surface area contributed by atoms with Crippen LogP contribution in [-0.4, -0.2) is 50.0 Å². The van der Waals surface area contributed by atoms with Crippen molar-refractivity contribution in [3.05, 3.63) is 0 Å². The highest BCUT2D eigenvalue weighted by atomic mass is 16.5. The zero-order valence-electron chi connectivity index (χ0n) is 11.4. The predicted octanol–water partition coefficient (Wildman–Crippen LogP) is 0.799. The molecule has 0 radical (unpaired) electrons. The van der Waals surface area contributed by atoms with Crippen LogP contribution in [0, 0.1) is 5.92 Å². The van der Waals surface area contributed by atoms with Crippen LogP contribution in [0.25, 0.3) is 0 Å². The number of carbonyl (C=O) groups excluding carboxylic acids is 1. The SMILES string of the molecule is COCCOCCCC(=O)N[C@@H]1CCC[C@H]1C(=O)O. The van der Waals surface area contributed by atoms with Crippen LogP contribution in [-0.2, 0) is 19.1 Å². The number of amides is 1. The van der Waals surface area contributed by atoms with E-state index < -0.39 is 11.9 Å². The van der Waals surface area contributed by atoms with E-state index in [-0.39, 0.29) is 11.9 Å². The zero-order chi connectivity index (χ0) is 14.1. The molecule has 6 nitrogen and oxygen atoms in total. The Morgan fingerprint density at radius 2 is 2.05 bits per heavy atom. The predicted molar refractivity (Wildman–Crippen MR) is 68.8 cm³/mol. The van der Waals surface area contributed by atoms with Gasteiger partial charge in [-0.05, 0) is 19.3 Å². The molecule has 1 aliphatic carbocycles. The number of nitrogens with one attached hydrogen (secondary N) is 1. The Hall–Kier alpha value is -1.14. The molecule has 2 N–H and O–H groups in total. The number of rotatable bonds is 9. The lowest BCUT2D eigenvalue weighted by molar-refractivity contribution is -0.142. The monoisotopic (exact) mass is 273 g/mol. The standard InChI is InChI=1S/C13H23NO5/c1-18-8-9-19-7-3-6-12(15)14-11-5-2-4-10(11)13(16)17/h10-11H,2-9H2,1H3,(H,14,15)(H,16,17)/t10-,11-/m1/s1. The topological polar surface area (TPSA) is 84.9 Å². The first-order valence-electron chi connectivity index (χ1n) is 6.74. The van der Waals surface area contributed by atoms with Gasteiger partial charge < -0.3 is 19.9 Å². The summed E-state index contributed by atoms with van der Waals surface area (Å²) in [4.78, 5) is 22.6. The van der Waals surface area contributed by atoms with E-state index in [1.807, 2.05) is 0 Å². The lowest BCUT2D eigenvalue weighted by atomic mass is 10.0. The van der Waals surface area contributed by atoms with Gasteiger partial charge >= 0.3 is 5.97 Å². The van der Waals surface area contributed by atoms with E-state index in [1.165, 1.54) is 0 Å². The van der Waals surface area contributed by atoms with Gasteiger partial charge in [0.15, 0.2) is 0 Å². The summed E-state index contributed by atoms with van der Waals surface area (Å²) in [6, 6.07) is -0.209. The van der Waals surface area contributed by atoms with E-state index in [4.69, 9.17) is 14.6 Å². The fourth-order valence-electron chi connectivity index (χ4n) is 2.29. The molecule has 0 saturated heterocycles. The second-order valence-electron chi connectivity index (χ2n) is 4.76. The van der Waals surface area contributed by atoms with Crippen molar-refractivity contribution >= 4 is 11.9 Å². The third kappa shape index (κ3) is 6.02. The first kappa shape index (κ1) is 15.9. The minimum Gasteiger partial charge on any atom is -0.481 e. The number of carboxylic acid groups (broad SMARTS) is 1. The van der Waals surface area contributed by atoms with Crippen molar-refractivity contribution < 1.29 is 24.2 Å². The molecule has 0 heterocycles. The molecular formula is C13H23NO5. The van der Waals surface area contributed by atoms with Gasteiger partial charge in [0.2, 0.25) is 5.91 Å². The van der Waals surface area contributed by atoms with E-state index in [2.05, 4.69) is 5.32 Å². The van der Waals surface area contributed by atoms with Crippen LogP contribution in [0.5, 0.6) is 0 Å². The summed E-state index contributed by atoms with van der Waals surface area (Å²) in [7, 11) is 1.61. The normalized spacial score (nSPS) is 22.4. The highest BCUT2D eigenvalue weighted by Gasteiger charge is 2.33. The van der Waals surface area contributed by atoms with Gasteiger partial charge in [0.1, 0.15) is 0 Å². The molecule has 1 rings (SSSR count). The van der Waals surface area contributed by atoms with Gasteiger partial charge in [-0.3, -0.25) is 9.59 Å². The summed E-state index contributed by atoms with van der Waals surface area (Å²) in [5.74, 6) is -1.33. The van der Waals surface area contributed by atoms with Gasteiger partial charge in [-0.15, -0.1) is 0 Å². The summed E-state index contributed by atoms with van der Waals surface area (Å²) >= 11 is 0. The van der Waals surface area contributed by atoms with Crippen molar-refractivity contribution in [1.29, 1.82) is 0 Å². The summed E-state index contributed by atoms with van der Waals surface area (Å²) < 4.78 is 10.1. The molecule has 6 heteroatoms. The van der Waals surface area contributed by atoms with Crippen molar-refractivity contribution in [2.45, 2.75) is 38.1 Å². The molecule has 0 aromatic heterocycles. The maximum atomic E-state index is 11.7. The van der Waals surface area contributed by atoms with Gasteiger partial charge in [-0.1, -0.05) is 6.42 Å². The lowest BCUT2D eigenvalue weighted by Crippen LogP contribution is -2.40. The van der Waals surface area contributed by atoms with Crippen LogP contribution < -0.4 is 5.32 Å². The Morgan fingerprint density at radius 3 is 2.74 bits per heavy atom. The number of methoxy groups -OCH3 is 1. The summed E-state index contributed by atoms with van der Waals surface area (Å²) in [6.45, 7) is 1.60. The minimum atomic E-state index is -0.814. The number of carbonyl (C=O) groups is 2. The van der Waals surface area contributed by atoms with Gasteiger partial charge in [0.05, 0.1) is 19.1 Å². The van der Waals surface area contributed by atoms with Gasteiger partial charge in [-0.2, -0.15) is 0 Å². The second-order valence-corrected chi connectivity index (χ2v) is 4.76. The van der Waals surface area contributed by atoms with Crippen LogP contribution >= 0.6 is 0 Å². The molecule has 19 heavy (non-hydrogen) atoms. The van der Waals surface area contributed by atoms with Crippen molar-refractivity contribution in [3.8, 4) is 0 Å². The molecule has 1 saturated carbocycles. The number of hydrogen-bond acceptors (Lipinski definition) is 4. The minimum absolute atomic E-state index is 0.0894. The third-order valence-electron chi connectivity index (χ3n) is 3.30. The van der Waals surface area contributed by atoms with E-state index in [0.717, 1.165) is 12.8 Å². The summed E-state index contributed by atoms with van der Waals surface area (Å²) in [6.07, 6.45) is 3.28. The molecule has 0 aliphatic heterocycles. The smallest absolute Gasteiger partial charge is 0.308 e. The molecule has 110 valence electrons. The molecule has 0 unspecified atom stereocenters. The molecule has 0 aromatic rings. The molecule has 1 amide bonds. The van der Waals surface area contributed by atoms with Crippen molar-refractivity contribution in [2.75, 3.05) is 26.9 Å². The third-order valence-corrected chi connectivity index (χ3v) is 3.30. The van der Waals surface area contributed by atoms with Gasteiger partial charge in [0, 0.05) is 26.2 Å². The van der Waals surface area contributed by atoms with Crippen LogP contribution in [0.15, 0.2) is 0 Å². The van der Waals surface area contributed by atoms with E-state index in [9.17, 15) is 9.59 Å². The fourth-order valence-corrected chi connectivity index (χ4v) is 2.29. The van der Waals surface area contributed by atoms with Crippen LogP contribution in [0.4, 0.5) is 0 Å². The van der Waals surface area contributed by atoms with Crippen LogP contribution in [0.3, 0.4) is 0 Å². The van der Waals surface area contributed by atoms with Crippen LogP contribution in [0.2, 0.25) is 0 Å². The Kier molecular flexibility index (Phi) is 7.43. The number of carboxylic acids is 1. The maximum Gasteiger partial charge on any atom is 0.308 e. The molecule has 2 atom stereocenters. The van der Waals surface area contributed by atoms with Gasteiger partial charge in [-0.25, -0.2) is 0 Å². The molecule has 0 spiro atoms. The molecular weight excluding hydrogens is 250 g/mol. The molecule has 0 bridgehead atoms. The zero-order valence-corrected chi connectivity index (χ0v) is 11.4. The summed E-state index contributed by atoms with van der Waals surface area (Å²) in [5.41, 5.74) is 0. The van der Waals surface area contributed by atoms with Crippen molar-refractivity contribution in [3.63, 3.8) is 0 Å². The quantitative estimate of drug-likeness (QED) is 0.607. The molecule has 0 aromatic carbocycles. The maximum absolute atomic E-state index is 11.7. The first-order valence-corrected chi connectivity index (χ1v) is 6.74. The Balaban J connectivity index is 2.12. The average molecular weight is 273 g/mol. The van der Waals surface area contributed by atoms with E-state index >= 15 is 0 Å². The average Bonchev–Trinajstić information content (AvgIpc) is 2.81.